The van der Waals surface area contributed by atoms with E-state index in [2.05, 4.69) is 20.8 Å². The van der Waals surface area contributed by atoms with Crippen molar-refractivity contribution < 1.29 is 14.6 Å². The fourth-order valence-electron chi connectivity index (χ4n) is 3.70. The van der Waals surface area contributed by atoms with Crippen LogP contribution in [0.4, 0.5) is 0 Å². The number of rotatable bonds is 13. The van der Waals surface area contributed by atoms with Crippen molar-refractivity contribution in [3.8, 4) is 0 Å². The van der Waals surface area contributed by atoms with Gasteiger partial charge in [0.2, 0.25) is 0 Å². The van der Waals surface area contributed by atoms with Gasteiger partial charge >= 0.3 is 5.97 Å². The lowest BCUT2D eigenvalue weighted by atomic mass is 9.85. The first-order valence-electron chi connectivity index (χ1n) is 9.99. The van der Waals surface area contributed by atoms with E-state index in [4.69, 9.17) is 4.74 Å². The lowest BCUT2D eigenvalue weighted by molar-refractivity contribution is 0.0695. The molecule has 1 aromatic carbocycles. The Hall–Kier alpha value is -1.35. The summed E-state index contributed by atoms with van der Waals surface area (Å²) in [4.78, 5) is 11.8. The fraction of sp³-hybridized carbons (Fsp3) is 0.682. The third kappa shape index (κ3) is 6.47. The Morgan fingerprint density at radius 3 is 2.16 bits per heavy atom. The zero-order valence-corrected chi connectivity index (χ0v) is 16.6. The van der Waals surface area contributed by atoms with Crippen LogP contribution >= 0.6 is 0 Å². The van der Waals surface area contributed by atoms with Crippen LogP contribution in [0.5, 0.6) is 0 Å². The van der Waals surface area contributed by atoms with Gasteiger partial charge in [0, 0.05) is 7.11 Å². The van der Waals surface area contributed by atoms with Gasteiger partial charge in [0.05, 0.1) is 12.2 Å². The average molecular weight is 349 g/mol. The molecule has 0 radical (unpaired) electrons. The molecule has 3 heteroatoms. The van der Waals surface area contributed by atoms with Crippen LogP contribution in [0.1, 0.15) is 91.9 Å². The molecular weight excluding hydrogens is 312 g/mol. The summed E-state index contributed by atoms with van der Waals surface area (Å²) < 4.78 is 5.22. The van der Waals surface area contributed by atoms with Gasteiger partial charge in [0.1, 0.15) is 0 Å². The van der Waals surface area contributed by atoms with Crippen molar-refractivity contribution >= 4 is 5.97 Å². The van der Waals surface area contributed by atoms with E-state index in [0.717, 1.165) is 24.8 Å². The summed E-state index contributed by atoms with van der Waals surface area (Å²) in [5, 5.41) is 9.65. The Kier molecular flexibility index (Phi) is 10.5. The molecule has 142 valence electrons. The summed E-state index contributed by atoms with van der Waals surface area (Å²) in [7, 11) is 1.67. The van der Waals surface area contributed by atoms with Crippen LogP contribution in [0, 0.1) is 0 Å². The van der Waals surface area contributed by atoms with Crippen LogP contribution in [0.3, 0.4) is 0 Å². The maximum Gasteiger partial charge on any atom is 0.335 e. The molecule has 0 aliphatic rings. The third-order valence-corrected chi connectivity index (χ3v) is 5.06. The number of ether oxygens (including phenoxy) is 1. The second-order valence-electron chi connectivity index (χ2n) is 6.79. The van der Waals surface area contributed by atoms with Crippen molar-refractivity contribution in [2.45, 2.75) is 85.0 Å². The second kappa shape index (κ2) is 12.1. The Morgan fingerprint density at radius 2 is 1.60 bits per heavy atom. The van der Waals surface area contributed by atoms with Crippen LogP contribution in [0.25, 0.3) is 0 Å². The minimum absolute atomic E-state index is 0.470. The molecule has 0 spiro atoms. The fourth-order valence-corrected chi connectivity index (χ4v) is 3.70. The Balaban J connectivity index is 3.05. The highest BCUT2D eigenvalue weighted by Crippen LogP contribution is 2.28. The minimum Gasteiger partial charge on any atom is -0.478 e. The number of carboxylic acid groups (broad SMARTS) is 1. The number of aryl methyl sites for hydroxylation is 1. The van der Waals surface area contributed by atoms with Gasteiger partial charge in [0.15, 0.2) is 0 Å². The first-order valence-corrected chi connectivity index (χ1v) is 9.99. The summed E-state index contributed by atoms with van der Waals surface area (Å²) in [5.41, 5.74) is 5.32. The van der Waals surface area contributed by atoms with Crippen LogP contribution in [0.2, 0.25) is 0 Å². The van der Waals surface area contributed by atoms with E-state index in [0.29, 0.717) is 18.6 Å². The summed E-state index contributed by atoms with van der Waals surface area (Å²) in [5.74, 6) is -0.818. The van der Waals surface area contributed by atoms with Crippen LogP contribution < -0.4 is 0 Å². The van der Waals surface area contributed by atoms with Gasteiger partial charge in [-0.3, -0.25) is 0 Å². The summed E-state index contributed by atoms with van der Waals surface area (Å²) in [6.45, 7) is 7.07. The van der Waals surface area contributed by atoms with E-state index in [-0.39, 0.29) is 0 Å². The number of hydrogen-bond donors (Lipinski definition) is 1. The van der Waals surface area contributed by atoms with Gasteiger partial charge in [-0.25, -0.2) is 4.79 Å². The van der Waals surface area contributed by atoms with Gasteiger partial charge in [-0.05, 0) is 60.4 Å². The van der Waals surface area contributed by atoms with Crippen molar-refractivity contribution in [3.63, 3.8) is 0 Å². The molecule has 25 heavy (non-hydrogen) atoms. The number of carboxylic acids is 1. The lowest BCUT2D eigenvalue weighted by Gasteiger charge is -2.20. The highest BCUT2D eigenvalue weighted by atomic mass is 16.5. The minimum atomic E-state index is -0.818. The molecule has 0 bridgehead atoms. The van der Waals surface area contributed by atoms with Crippen molar-refractivity contribution in [1.82, 2.24) is 0 Å². The van der Waals surface area contributed by atoms with E-state index < -0.39 is 5.97 Å². The van der Waals surface area contributed by atoms with Gasteiger partial charge in [-0.1, -0.05) is 52.9 Å². The van der Waals surface area contributed by atoms with Crippen molar-refractivity contribution in [3.05, 3.63) is 33.9 Å². The maximum atomic E-state index is 11.8. The Bertz CT molecular complexity index is 535. The molecule has 0 aliphatic carbocycles. The van der Waals surface area contributed by atoms with E-state index in [9.17, 15) is 9.90 Å². The van der Waals surface area contributed by atoms with Crippen LogP contribution in [-0.2, 0) is 30.4 Å². The molecule has 1 rings (SSSR count). The van der Waals surface area contributed by atoms with Crippen molar-refractivity contribution in [2.75, 3.05) is 13.7 Å². The molecule has 0 unspecified atom stereocenters. The predicted molar refractivity (Wildman–Crippen MR) is 105 cm³/mol. The number of methoxy groups -OCH3 is 1. The molecule has 0 aliphatic heterocycles. The number of carbonyl (C=O) groups is 1. The first-order chi connectivity index (χ1) is 12.1. The topological polar surface area (TPSA) is 46.5 Å². The molecule has 0 saturated carbocycles. The molecule has 0 saturated heterocycles. The molecule has 0 fully saturated rings. The van der Waals surface area contributed by atoms with E-state index in [1.54, 1.807) is 7.11 Å². The standard InChI is InChI=1S/C22H36O3/c1-5-8-9-10-11-12-13-19-17(6-2)16-21(22(23)24)20(14-15-25-4)18(19)7-3/h16H,5-15H2,1-4H3,(H,23,24). The average Bonchev–Trinajstić information content (AvgIpc) is 2.61. The molecule has 0 atom stereocenters. The van der Waals surface area contributed by atoms with Gasteiger partial charge in [-0.15, -0.1) is 0 Å². The molecule has 0 aromatic heterocycles. The van der Waals surface area contributed by atoms with E-state index in [1.165, 1.54) is 55.2 Å². The largest absolute Gasteiger partial charge is 0.478 e. The number of aromatic carboxylic acids is 1. The van der Waals surface area contributed by atoms with Gasteiger partial charge in [-0.2, -0.15) is 0 Å². The number of hydrogen-bond acceptors (Lipinski definition) is 2. The normalized spacial score (nSPS) is 11.0. The van der Waals surface area contributed by atoms with Crippen molar-refractivity contribution in [2.24, 2.45) is 0 Å². The lowest BCUT2D eigenvalue weighted by Crippen LogP contribution is -2.13. The van der Waals surface area contributed by atoms with Crippen molar-refractivity contribution in [1.29, 1.82) is 0 Å². The number of benzene rings is 1. The smallest absolute Gasteiger partial charge is 0.335 e. The molecule has 0 heterocycles. The summed E-state index contributed by atoms with van der Waals surface area (Å²) in [6, 6.07) is 1.92. The predicted octanol–water partition coefficient (Wildman–Crippen LogP) is 5.60. The third-order valence-electron chi connectivity index (χ3n) is 5.06. The highest BCUT2D eigenvalue weighted by molar-refractivity contribution is 5.90. The maximum absolute atomic E-state index is 11.8. The zero-order chi connectivity index (χ0) is 18.7. The molecular formula is C22H36O3. The molecule has 1 N–H and O–H groups in total. The van der Waals surface area contributed by atoms with E-state index in [1.807, 2.05) is 6.07 Å². The SMILES string of the molecule is CCCCCCCCc1c(CC)cc(C(=O)O)c(CCOC)c1CC. The van der Waals surface area contributed by atoms with Gasteiger partial charge < -0.3 is 9.84 Å². The highest BCUT2D eigenvalue weighted by Gasteiger charge is 2.19. The monoisotopic (exact) mass is 348 g/mol. The van der Waals surface area contributed by atoms with E-state index >= 15 is 0 Å². The molecule has 0 amide bonds. The Labute approximate surface area is 153 Å². The first kappa shape index (κ1) is 21.7. The summed E-state index contributed by atoms with van der Waals surface area (Å²) in [6.07, 6.45) is 11.2. The molecule has 1 aromatic rings. The zero-order valence-electron chi connectivity index (χ0n) is 16.6. The van der Waals surface area contributed by atoms with Gasteiger partial charge in [0.25, 0.3) is 0 Å². The van der Waals surface area contributed by atoms with Crippen LogP contribution in [0.15, 0.2) is 6.07 Å². The number of unbranched alkanes of at least 4 members (excludes halogenated alkanes) is 5. The summed E-state index contributed by atoms with van der Waals surface area (Å²) >= 11 is 0. The second-order valence-corrected chi connectivity index (χ2v) is 6.79. The quantitative estimate of drug-likeness (QED) is 0.472. The molecule has 3 nitrogen and oxygen atoms in total. The van der Waals surface area contributed by atoms with Crippen LogP contribution in [-0.4, -0.2) is 24.8 Å². The Morgan fingerprint density at radius 1 is 0.920 bits per heavy atom.